The zero-order chi connectivity index (χ0) is 19.0. The fourth-order valence-corrected chi connectivity index (χ4v) is 3.11. The first kappa shape index (κ1) is 17.5. The summed E-state index contributed by atoms with van der Waals surface area (Å²) in [5.74, 6) is -1.91. The van der Waals surface area contributed by atoms with Gasteiger partial charge in [0, 0.05) is 0 Å². The normalized spacial score (nSPS) is 16.2. The molecule has 6 heteroatoms. The third-order valence-corrected chi connectivity index (χ3v) is 4.14. The summed E-state index contributed by atoms with van der Waals surface area (Å²) in [5, 5.41) is 2.19. The van der Waals surface area contributed by atoms with Gasteiger partial charge in [0.15, 0.2) is 0 Å². The van der Waals surface area contributed by atoms with E-state index in [1.807, 2.05) is 19.1 Å². The smallest absolute Gasteiger partial charge is 0.273 e. The maximum atomic E-state index is 13.1. The van der Waals surface area contributed by atoms with Crippen LogP contribution in [-0.2, 0) is 9.59 Å². The number of carbonyl (C=O) groups is 3. The van der Waals surface area contributed by atoms with Gasteiger partial charge >= 0.3 is 6.03 Å². The molecule has 3 rings (SSSR count). The summed E-state index contributed by atoms with van der Waals surface area (Å²) in [5.41, 5.74) is 3.26. The lowest BCUT2D eigenvalue weighted by atomic mass is 10.0. The molecule has 0 saturated carbocycles. The van der Waals surface area contributed by atoms with Gasteiger partial charge in [-0.15, -0.1) is 0 Å². The van der Waals surface area contributed by atoms with Gasteiger partial charge in [0.1, 0.15) is 11.4 Å². The molecule has 0 atom stereocenters. The van der Waals surface area contributed by atoms with E-state index >= 15 is 0 Å². The lowest BCUT2D eigenvalue weighted by molar-refractivity contribution is -0.122. The molecule has 1 N–H and O–H groups in total. The van der Waals surface area contributed by atoms with Crippen LogP contribution in [0, 0.1) is 26.6 Å². The molecule has 26 heavy (non-hydrogen) atoms. The number of barbiturate groups is 1. The minimum absolute atomic E-state index is 0.185. The maximum absolute atomic E-state index is 13.1. The van der Waals surface area contributed by atoms with E-state index in [0.717, 1.165) is 21.6 Å². The first-order valence-corrected chi connectivity index (χ1v) is 8.03. The number of anilines is 1. The highest BCUT2D eigenvalue weighted by molar-refractivity contribution is 6.39. The summed E-state index contributed by atoms with van der Waals surface area (Å²) in [4.78, 5) is 38.4. The van der Waals surface area contributed by atoms with Crippen molar-refractivity contribution in [2.75, 3.05) is 4.90 Å². The molecule has 0 unspecified atom stereocenters. The van der Waals surface area contributed by atoms with Crippen molar-refractivity contribution >= 4 is 29.6 Å². The molecule has 1 aliphatic rings. The van der Waals surface area contributed by atoms with E-state index in [0.29, 0.717) is 11.3 Å². The first-order chi connectivity index (χ1) is 12.3. The number of rotatable bonds is 2. The number of imide groups is 2. The highest BCUT2D eigenvalue weighted by atomic mass is 19.1. The van der Waals surface area contributed by atoms with Gasteiger partial charge in [-0.2, -0.15) is 0 Å². The predicted octanol–water partition coefficient (Wildman–Crippen LogP) is 3.42. The Morgan fingerprint density at radius 3 is 2.12 bits per heavy atom. The molecule has 0 spiro atoms. The van der Waals surface area contributed by atoms with Crippen LogP contribution in [0.2, 0.25) is 0 Å². The Hall–Kier alpha value is -3.28. The van der Waals surface area contributed by atoms with Crippen LogP contribution in [0.15, 0.2) is 42.0 Å². The second-order valence-corrected chi connectivity index (χ2v) is 6.26. The number of amides is 4. The maximum Gasteiger partial charge on any atom is 0.335 e. The molecule has 1 saturated heterocycles. The van der Waals surface area contributed by atoms with Crippen molar-refractivity contribution < 1.29 is 18.8 Å². The summed E-state index contributed by atoms with van der Waals surface area (Å²) in [7, 11) is 0. The van der Waals surface area contributed by atoms with E-state index in [2.05, 4.69) is 5.32 Å². The Labute approximate surface area is 150 Å². The van der Waals surface area contributed by atoms with Gasteiger partial charge in [-0.1, -0.05) is 29.8 Å². The molecule has 1 aliphatic heterocycles. The van der Waals surface area contributed by atoms with Crippen LogP contribution < -0.4 is 10.2 Å². The van der Waals surface area contributed by atoms with E-state index in [1.165, 1.54) is 30.3 Å². The Morgan fingerprint density at radius 2 is 1.54 bits per heavy atom. The largest absolute Gasteiger partial charge is 0.335 e. The van der Waals surface area contributed by atoms with Crippen LogP contribution in [0.25, 0.3) is 6.08 Å². The Balaban J connectivity index is 2.08. The van der Waals surface area contributed by atoms with Crippen LogP contribution in [0.3, 0.4) is 0 Å². The van der Waals surface area contributed by atoms with Crippen molar-refractivity contribution in [1.82, 2.24) is 5.32 Å². The molecule has 2 aromatic carbocycles. The van der Waals surface area contributed by atoms with E-state index in [9.17, 15) is 18.8 Å². The molecule has 2 aromatic rings. The average molecular weight is 352 g/mol. The van der Waals surface area contributed by atoms with E-state index in [4.69, 9.17) is 0 Å². The standard InChI is InChI=1S/C20H17FN2O3/c1-11-8-12(2)17(13(3)9-11)23-19(25)16(18(24)22-20(23)26)10-14-4-6-15(21)7-5-14/h4-10H,1-3H3,(H,22,24,26)/b16-10-. The molecular weight excluding hydrogens is 335 g/mol. The molecule has 132 valence electrons. The van der Waals surface area contributed by atoms with Gasteiger partial charge < -0.3 is 0 Å². The number of carbonyl (C=O) groups excluding carboxylic acids is 3. The minimum Gasteiger partial charge on any atom is -0.273 e. The highest BCUT2D eigenvalue weighted by Gasteiger charge is 2.38. The summed E-state index contributed by atoms with van der Waals surface area (Å²) >= 11 is 0. The van der Waals surface area contributed by atoms with Crippen LogP contribution in [0.5, 0.6) is 0 Å². The monoisotopic (exact) mass is 352 g/mol. The zero-order valence-corrected chi connectivity index (χ0v) is 14.6. The fraction of sp³-hybridized carbons (Fsp3) is 0.150. The summed E-state index contributed by atoms with van der Waals surface area (Å²) in [6.45, 7) is 5.52. The molecule has 1 fully saturated rings. The van der Waals surface area contributed by atoms with Crippen LogP contribution in [0.4, 0.5) is 14.9 Å². The molecule has 0 aromatic heterocycles. The van der Waals surface area contributed by atoms with Crippen molar-refractivity contribution in [3.05, 3.63) is 70.0 Å². The average Bonchev–Trinajstić information content (AvgIpc) is 2.55. The van der Waals surface area contributed by atoms with Crippen molar-refractivity contribution in [3.63, 3.8) is 0 Å². The minimum atomic E-state index is -0.786. The molecule has 0 bridgehead atoms. The molecule has 0 aliphatic carbocycles. The number of nitrogens with one attached hydrogen (secondary N) is 1. The second kappa shape index (κ2) is 6.55. The third kappa shape index (κ3) is 3.13. The summed E-state index contributed by atoms with van der Waals surface area (Å²) in [6.07, 6.45) is 1.34. The highest BCUT2D eigenvalue weighted by Crippen LogP contribution is 2.29. The van der Waals surface area contributed by atoms with E-state index in [1.54, 1.807) is 13.8 Å². The van der Waals surface area contributed by atoms with Gasteiger partial charge in [0.05, 0.1) is 5.69 Å². The number of benzene rings is 2. The van der Waals surface area contributed by atoms with Gasteiger partial charge in [0.2, 0.25) is 0 Å². The molecular formula is C20H17FN2O3. The van der Waals surface area contributed by atoms with Gasteiger partial charge in [0.25, 0.3) is 11.8 Å². The second-order valence-electron chi connectivity index (χ2n) is 6.26. The van der Waals surface area contributed by atoms with Crippen molar-refractivity contribution in [2.45, 2.75) is 20.8 Å². The van der Waals surface area contributed by atoms with Crippen LogP contribution >= 0.6 is 0 Å². The number of hydrogen-bond donors (Lipinski definition) is 1. The van der Waals surface area contributed by atoms with Gasteiger partial charge in [-0.3, -0.25) is 14.9 Å². The number of urea groups is 1. The third-order valence-electron chi connectivity index (χ3n) is 4.14. The SMILES string of the molecule is Cc1cc(C)c(N2C(=O)NC(=O)/C(=C/c3ccc(F)cc3)C2=O)c(C)c1. The Morgan fingerprint density at radius 1 is 0.962 bits per heavy atom. The lowest BCUT2D eigenvalue weighted by Crippen LogP contribution is -2.54. The van der Waals surface area contributed by atoms with Crippen molar-refractivity contribution in [3.8, 4) is 0 Å². The number of aryl methyl sites for hydroxylation is 3. The van der Waals surface area contributed by atoms with Gasteiger partial charge in [-0.05, 0) is 55.7 Å². The fourth-order valence-electron chi connectivity index (χ4n) is 3.11. The molecule has 1 heterocycles. The molecule has 5 nitrogen and oxygen atoms in total. The lowest BCUT2D eigenvalue weighted by Gasteiger charge is -2.29. The van der Waals surface area contributed by atoms with Crippen LogP contribution in [-0.4, -0.2) is 17.8 Å². The van der Waals surface area contributed by atoms with Crippen molar-refractivity contribution in [1.29, 1.82) is 0 Å². The van der Waals surface area contributed by atoms with E-state index < -0.39 is 23.7 Å². The number of halogens is 1. The van der Waals surface area contributed by atoms with E-state index in [-0.39, 0.29) is 5.57 Å². The first-order valence-electron chi connectivity index (χ1n) is 8.03. The summed E-state index contributed by atoms with van der Waals surface area (Å²) in [6, 6.07) is 8.30. The van der Waals surface area contributed by atoms with Crippen molar-refractivity contribution in [2.24, 2.45) is 0 Å². The quantitative estimate of drug-likeness (QED) is 0.665. The topological polar surface area (TPSA) is 66.5 Å². The predicted molar refractivity (Wildman–Crippen MR) is 96.1 cm³/mol. The van der Waals surface area contributed by atoms with Crippen LogP contribution in [0.1, 0.15) is 22.3 Å². The summed E-state index contributed by atoms with van der Waals surface area (Å²) < 4.78 is 13.1. The molecule has 0 radical (unpaired) electrons. The zero-order valence-electron chi connectivity index (χ0n) is 14.6. The Bertz CT molecular complexity index is 939. The number of hydrogen-bond acceptors (Lipinski definition) is 3. The number of nitrogens with zero attached hydrogens (tertiary/aromatic N) is 1. The Kier molecular flexibility index (Phi) is 4.42. The molecule has 4 amide bonds. The van der Waals surface area contributed by atoms with Gasteiger partial charge in [-0.25, -0.2) is 14.1 Å².